The predicted octanol–water partition coefficient (Wildman–Crippen LogP) is 0.696. The van der Waals surface area contributed by atoms with Crippen molar-refractivity contribution in [2.75, 3.05) is 26.1 Å². The Morgan fingerprint density at radius 1 is 1.28 bits per heavy atom. The molecule has 0 aliphatic heterocycles. The molecule has 1 aromatic rings. The zero-order chi connectivity index (χ0) is 13.7. The highest BCUT2D eigenvalue weighted by atomic mass is 32.2. The van der Waals surface area contributed by atoms with Crippen LogP contribution in [-0.4, -0.2) is 36.1 Å². The lowest BCUT2D eigenvalue weighted by molar-refractivity contribution is 0.0596. The number of anilines is 1. The van der Waals surface area contributed by atoms with Gasteiger partial charge in [-0.15, -0.1) is 0 Å². The topological polar surface area (TPSA) is 96.9 Å². The maximum atomic E-state index is 11.6. The molecule has 0 aromatic heterocycles. The van der Waals surface area contributed by atoms with Gasteiger partial charge < -0.3 is 23.5 Å². The highest BCUT2D eigenvalue weighted by Crippen LogP contribution is 2.35. The first-order valence-corrected chi connectivity index (χ1v) is 5.81. The number of carbonyl (C=O) groups excluding carboxylic acids is 1. The number of methoxy groups -OCH3 is 3. The average molecular weight is 274 g/mol. The van der Waals surface area contributed by atoms with Crippen LogP contribution in [0.1, 0.15) is 10.4 Å². The molecule has 0 amide bonds. The van der Waals surface area contributed by atoms with Gasteiger partial charge in [0.1, 0.15) is 5.56 Å². The molecule has 1 atom stereocenters. The molecular weight excluding hydrogens is 262 g/mol. The third-order valence-electron chi connectivity index (χ3n) is 2.09. The van der Waals surface area contributed by atoms with Gasteiger partial charge in [0.2, 0.25) is 0 Å². The summed E-state index contributed by atoms with van der Waals surface area (Å²) >= 11 is -2.51. The Morgan fingerprint density at radius 3 is 2.39 bits per heavy atom. The standard InChI is InChI=1S/C10H13NO6S/c1-15-8-5-6(11-18(13)14)4-7(9(8)16-2)10(12)17-3/h4-5,11H,1-3H3,(H,13,14)/p-1. The van der Waals surface area contributed by atoms with E-state index in [9.17, 15) is 13.6 Å². The summed E-state index contributed by atoms with van der Waals surface area (Å²) in [5.41, 5.74) is 0.230. The van der Waals surface area contributed by atoms with Crippen LogP contribution in [0, 0.1) is 0 Å². The molecule has 0 radical (unpaired) electrons. The van der Waals surface area contributed by atoms with Crippen molar-refractivity contribution in [3.05, 3.63) is 17.7 Å². The van der Waals surface area contributed by atoms with E-state index in [-0.39, 0.29) is 22.7 Å². The second kappa shape index (κ2) is 6.22. The van der Waals surface area contributed by atoms with Gasteiger partial charge in [0.15, 0.2) is 11.5 Å². The fourth-order valence-corrected chi connectivity index (χ4v) is 1.69. The fraction of sp³-hybridized carbons (Fsp3) is 0.300. The first-order valence-electron chi connectivity index (χ1n) is 4.73. The maximum Gasteiger partial charge on any atom is 0.341 e. The van der Waals surface area contributed by atoms with Crippen molar-refractivity contribution in [2.45, 2.75) is 0 Å². The van der Waals surface area contributed by atoms with E-state index in [1.165, 1.54) is 33.5 Å². The highest BCUT2D eigenvalue weighted by Gasteiger charge is 2.19. The molecule has 0 aliphatic rings. The normalized spacial score (nSPS) is 11.6. The zero-order valence-electron chi connectivity index (χ0n) is 10.0. The van der Waals surface area contributed by atoms with E-state index in [4.69, 9.17) is 9.47 Å². The number of benzene rings is 1. The molecule has 1 unspecified atom stereocenters. The summed E-state index contributed by atoms with van der Waals surface area (Å²) in [5, 5.41) is 0. The van der Waals surface area contributed by atoms with Crippen LogP contribution in [-0.2, 0) is 16.0 Å². The van der Waals surface area contributed by atoms with Gasteiger partial charge in [0.05, 0.1) is 27.0 Å². The van der Waals surface area contributed by atoms with Crippen molar-refractivity contribution >= 4 is 22.9 Å². The van der Waals surface area contributed by atoms with E-state index >= 15 is 0 Å². The van der Waals surface area contributed by atoms with E-state index in [1.54, 1.807) is 0 Å². The van der Waals surface area contributed by atoms with E-state index in [0.717, 1.165) is 0 Å². The number of hydrogen-bond acceptors (Lipinski definition) is 6. The van der Waals surface area contributed by atoms with Crippen LogP contribution in [0.2, 0.25) is 0 Å². The Balaban J connectivity index is 3.35. The van der Waals surface area contributed by atoms with Crippen molar-refractivity contribution < 1.29 is 27.8 Å². The van der Waals surface area contributed by atoms with Crippen LogP contribution in [0.15, 0.2) is 12.1 Å². The second-order valence-electron chi connectivity index (χ2n) is 3.09. The summed E-state index contributed by atoms with van der Waals surface area (Å²) < 4.78 is 37.9. The SMILES string of the molecule is COC(=O)c1cc(NS(=O)[O-])cc(OC)c1OC. The number of rotatable bonds is 5. The van der Waals surface area contributed by atoms with E-state index < -0.39 is 17.2 Å². The van der Waals surface area contributed by atoms with E-state index in [1.807, 2.05) is 0 Å². The maximum absolute atomic E-state index is 11.6. The third-order valence-corrected chi connectivity index (χ3v) is 2.49. The van der Waals surface area contributed by atoms with Gasteiger partial charge in [0.25, 0.3) is 0 Å². The summed E-state index contributed by atoms with van der Waals surface area (Å²) in [6.45, 7) is 0. The van der Waals surface area contributed by atoms with Crippen molar-refractivity contribution in [2.24, 2.45) is 0 Å². The quantitative estimate of drug-likeness (QED) is 0.627. The molecule has 7 nitrogen and oxygen atoms in total. The molecule has 0 spiro atoms. The van der Waals surface area contributed by atoms with Crippen molar-refractivity contribution in [3.8, 4) is 11.5 Å². The Labute approximate surface area is 106 Å². The van der Waals surface area contributed by atoms with Gasteiger partial charge in [-0.3, -0.25) is 4.21 Å². The van der Waals surface area contributed by atoms with Crippen LogP contribution in [0.3, 0.4) is 0 Å². The van der Waals surface area contributed by atoms with Crippen LogP contribution < -0.4 is 14.2 Å². The van der Waals surface area contributed by atoms with Gasteiger partial charge in [-0.1, -0.05) is 0 Å². The van der Waals surface area contributed by atoms with Gasteiger partial charge in [-0.2, -0.15) is 0 Å². The largest absolute Gasteiger partial charge is 0.755 e. The summed E-state index contributed by atoms with van der Waals surface area (Å²) in [6, 6.07) is 2.68. The first kappa shape index (κ1) is 14.3. The lowest BCUT2D eigenvalue weighted by Crippen LogP contribution is -2.08. The second-order valence-corrected chi connectivity index (χ2v) is 3.76. The highest BCUT2D eigenvalue weighted by molar-refractivity contribution is 7.80. The van der Waals surface area contributed by atoms with Gasteiger partial charge in [-0.05, 0) is 6.07 Å². The summed E-state index contributed by atoms with van der Waals surface area (Å²) in [6.07, 6.45) is 0. The first-order chi connectivity index (χ1) is 8.53. The summed E-state index contributed by atoms with van der Waals surface area (Å²) in [5.74, 6) is -0.273. The van der Waals surface area contributed by atoms with Crippen molar-refractivity contribution in [3.63, 3.8) is 0 Å². The van der Waals surface area contributed by atoms with Crippen LogP contribution >= 0.6 is 0 Å². The van der Waals surface area contributed by atoms with Crippen LogP contribution in [0.25, 0.3) is 0 Å². The van der Waals surface area contributed by atoms with Crippen molar-refractivity contribution in [1.82, 2.24) is 0 Å². The van der Waals surface area contributed by atoms with Gasteiger partial charge in [0, 0.05) is 17.3 Å². The molecular formula is C10H12NO6S-. The third kappa shape index (κ3) is 3.11. The Bertz CT molecular complexity index is 476. The molecule has 8 heteroatoms. The molecule has 1 rings (SSSR count). The molecule has 0 saturated heterocycles. The van der Waals surface area contributed by atoms with Crippen LogP contribution in [0.4, 0.5) is 5.69 Å². The fourth-order valence-electron chi connectivity index (χ4n) is 1.38. The minimum Gasteiger partial charge on any atom is -0.755 e. The number of carbonyl (C=O) groups is 1. The molecule has 0 bridgehead atoms. The van der Waals surface area contributed by atoms with Crippen LogP contribution in [0.5, 0.6) is 11.5 Å². The molecule has 0 heterocycles. The summed E-state index contributed by atoms with van der Waals surface area (Å²) in [4.78, 5) is 11.6. The lowest BCUT2D eigenvalue weighted by atomic mass is 10.1. The Kier molecular flexibility index (Phi) is 4.93. The van der Waals surface area contributed by atoms with Gasteiger partial charge in [-0.25, -0.2) is 4.79 Å². The molecule has 100 valence electrons. The number of nitrogens with one attached hydrogen (secondary N) is 1. The Morgan fingerprint density at radius 2 is 1.94 bits per heavy atom. The average Bonchev–Trinajstić information content (AvgIpc) is 2.35. The zero-order valence-corrected chi connectivity index (χ0v) is 10.8. The smallest absolute Gasteiger partial charge is 0.341 e. The van der Waals surface area contributed by atoms with E-state index in [2.05, 4.69) is 9.46 Å². The minimum absolute atomic E-state index is 0.0623. The number of esters is 1. The molecule has 0 saturated carbocycles. The number of hydrogen-bond donors (Lipinski definition) is 1. The molecule has 0 fully saturated rings. The van der Waals surface area contributed by atoms with Crippen molar-refractivity contribution in [1.29, 1.82) is 0 Å². The predicted molar refractivity (Wildman–Crippen MR) is 63.4 cm³/mol. The lowest BCUT2D eigenvalue weighted by Gasteiger charge is -2.15. The molecule has 18 heavy (non-hydrogen) atoms. The monoisotopic (exact) mass is 274 g/mol. The molecule has 1 N–H and O–H groups in total. The molecule has 1 aromatic carbocycles. The number of ether oxygens (including phenoxy) is 3. The molecule has 0 aliphatic carbocycles. The summed E-state index contributed by atoms with van der Waals surface area (Å²) in [7, 11) is 3.94. The Hall–Kier alpha value is -1.80. The van der Waals surface area contributed by atoms with E-state index in [0.29, 0.717) is 0 Å². The van der Waals surface area contributed by atoms with Gasteiger partial charge >= 0.3 is 5.97 Å². The minimum atomic E-state index is -2.51.